The van der Waals surface area contributed by atoms with Crippen LogP contribution in [0.4, 0.5) is 5.13 Å². The average molecular weight is 433 g/mol. The molecule has 0 saturated carbocycles. The molecule has 3 aromatic rings. The number of nitrogens with zero attached hydrogens (tertiary/aromatic N) is 1. The van der Waals surface area contributed by atoms with Crippen LogP contribution in [0.25, 0.3) is 10.2 Å². The highest BCUT2D eigenvalue weighted by Gasteiger charge is 2.32. The first-order chi connectivity index (χ1) is 13.8. The van der Waals surface area contributed by atoms with E-state index in [1.165, 1.54) is 11.3 Å². The van der Waals surface area contributed by atoms with E-state index in [0.717, 1.165) is 5.56 Å². The smallest absolute Gasteiger partial charge is 0.195 e. The van der Waals surface area contributed by atoms with Crippen molar-refractivity contribution in [2.75, 3.05) is 12.3 Å². The van der Waals surface area contributed by atoms with Crippen molar-refractivity contribution in [2.45, 2.75) is 36.6 Å². The highest BCUT2D eigenvalue weighted by atomic mass is 32.2. The van der Waals surface area contributed by atoms with Gasteiger partial charge in [0.2, 0.25) is 0 Å². The average Bonchev–Trinajstić information content (AvgIpc) is 3.06. The van der Waals surface area contributed by atoms with Crippen LogP contribution in [0.15, 0.2) is 53.4 Å². The molecule has 0 amide bonds. The molecule has 1 heterocycles. The Morgan fingerprint density at radius 1 is 1.17 bits per heavy atom. The molecular formula is C21H26N3O3S2. The van der Waals surface area contributed by atoms with E-state index < -0.39 is 21.3 Å². The van der Waals surface area contributed by atoms with Crippen LogP contribution in [-0.2, 0) is 16.3 Å². The number of aliphatic hydroxyl groups is 1. The summed E-state index contributed by atoms with van der Waals surface area (Å²) in [5, 5.41) is 12.9. The van der Waals surface area contributed by atoms with Gasteiger partial charge in [0.05, 0.1) is 21.2 Å². The maximum absolute atomic E-state index is 13.4. The number of hydrogen-bond acceptors (Lipinski definition) is 7. The van der Waals surface area contributed by atoms with Gasteiger partial charge in [-0.15, -0.1) is 0 Å². The standard InChI is InChI=1S/C21H26N3O3S2/c1-14(2)20(23-13-16(25)12-11-15-7-4-3-5-8-15)29(26,27)18-10-6-9-17-19(18)28-21(22)24-17/h3-10,12,14,16,20,23,25H,11,13H2,1-2H3,(H2,22,24)/t16-,20+/m1/s1. The molecule has 2 aromatic carbocycles. The lowest BCUT2D eigenvalue weighted by Gasteiger charge is -2.24. The summed E-state index contributed by atoms with van der Waals surface area (Å²) in [6, 6.07) is 14.8. The molecule has 29 heavy (non-hydrogen) atoms. The van der Waals surface area contributed by atoms with Crippen LogP contribution in [-0.4, -0.2) is 36.5 Å². The summed E-state index contributed by atoms with van der Waals surface area (Å²) in [7, 11) is -3.70. The number of nitrogens with two attached hydrogens (primary N) is 1. The summed E-state index contributed by atoms with van der Waals surface area (Å²) in [5.74, 6) is -0.193. The molecule has 155 valence electrons. The van der Waals surface area contributed by atoms with Gasteiger partial charge >= 0.3 is 0 Å². The van der Waals surface area contributed by atoms with Crippen molar-refractivity contribution in [1.82, 2.24) is 10.3 Å². The summed E-state index contributed by atoms with van der Waals surface area (Å²) in [4.78, 5) is 4.41. The van der Waals surface area contributed by atoms with Gasteiger partial charge in [0.1, 0.15) is 5.37 Å². The minimum atomic E-state index is -3.70. The Labute approximate surface area is 175 Å². The quantitative estimate of drug-likeness (QED) is 0.480. The number of sulfone groups is 1. The van der Waals surface area contributed by atoms with Gasteiger partial charge in [-0.1, -0.05) is 61.6 Å². The summed E-state index contributed by atoms with van der Waals surface area (Å²) in [6.45, 7) is 3.84. The molecule has 4 N–H and O–H groups in total. The molecule has 0 aliphatic carbocycles. The molecule has 0 fully saturated rings. The number of aromatic nitrogens is 1. The van der Waals surface area contributed by atoms with E-state index in [4.69, 9.17) is 5.73 Å². The summed E-state index contributed by atoms with van der Waals surface area (Å²) < 4.78 is 27.3. The van der Waals surface area contributed by atoms with E-state index in [9.17, 15) is 13.5 Å². The van der Waals surface area contributed by atoms with Crippen LogP contribution in [0.3, 0.4) is 0 Å². The van der Waals surface area contributed by atoms with Gasteiger partial charge in [0, 0.05) is 6.54 Å². The van der Waals surface area contributed by atoms with Crippen molar-refractivity contribution in [1.29, 1.82) is 0 Å². The lowest BCUT2D eigenvalue weighted by Crippen LogP contribution is -2.44. The third-order valence-electron chi connectivity index (χ3n) is 4.64. The van der Waals surface area contributed by atoms with E-state index in [1.807, 2.05) is 44.2 Å². The summed E-state index contributed by atoms with van der Waals surface area (Å²) in [6.07, 6.45) is 1.63. The fraction of sp³-hybridized carbons (Fsp3) is 0.333. The first kappa shape index (κ1) is 21.7. The van der Waals surface area contributed by atoms with Gasteiger partial charge in [-0.3, -0.25) is 5.32 Å². The maximum Gasteiger partial charge on any atom is 0.195 e. The van der Waals surface area contributed by atoms with E-state index in [1.54, 1.807) is 24.6 Å². The second kappa shape index (κ2) is 9.21. The van der Waals surface area contributed by atoms with Gasteiger partial charge < -0.3 is 10.8 Å². The molecule has 0 spiro atoms. The number of nitrogen functional groups attached to an aromatic ring is 1. The number of nitrogens with one attached hydrogen (secondary N) is 1. The van der Waals surface area contributed by atoms with Gasteiger partial charge in [0.15, 0.2) is 15.0 Å². The highest BCUT2D eigenvalue weighted by Crippen LogP contribution is 2.32. The van der Waals surface area contributed by atoms with Crippen LogP contribution < -0.4 is 11.1 Å². The topological polar surface area (TPSA) is 105 Å². The van der Waals surface area contributed by atoms with Crippen LogP contribution in [0, 0.1) is 12.3 Å². The largest absolute Gasteiger partial charge is 0.391 e. The lowest BCUT2D eigenvalue weighted by molar-refractivity contribution is 0.196. The molecule has 8 heteroatoms. The molecule has 3 rings (SSSR count). The first-order valence-corrected chi connectivity index (χ1v) is 11.8. The minimum Gasteiger partial charge on any atom is -0.391 e. The molecular weight excluding hydrogens is 406 g/mol. The Bertz CT molecular complexity index is 1050. The van der Waals surface area contributed by atoms with Crippen molar-refractivity contribution in [3.63, 3.8) is 0 Å². The zero-order valence-electron chi connectivity index (χ0n) is 16.4. The van der Waals surface area contributed by atoms with E-state index >= 15 is 0 Å². The number of aliphatic hydroxyl groups excluding tert-OH is 1. The van der Waals surface area contributed by atoms with Crippen LogP contribution >= 0.6 is 11.3 Å². The Kier molecular flexibility index (Phi) is 6.89. The zero-order chi connectivity index (χ0) is 21.0. The maximum atomic E-state index is 13.4. The Balaban J connectivity index is 1.73. The number of fused-ring (bicyclic) bond motifs is 1. The third-order valence-corrected chi connectivity index (χ3v) is 8.03. The lowest BCUT2D eigenvalue weighted by atomic mass is 10.1. The van der Waals surface area contributed by atoms with Gasteiger partial charge in [-0.25, -0.2) is 13.4 Å². The van der Waals surface area contributed by atoms with Crippen LogP contribution in [0.2, 0.25) is 0 Å². The molecule has 6 nitrogen and oxygen atoms in total. The second-order valence-electron chi connectivity index (χ2n) is 7.27. The predicted molar refractivity (Wildman–Crippen MR) is 118 cm³/mol. The van der Waals surface area contributed by atoms with Crippen molar-refractivity contribution in [3.8, 4) is 0 Å². The molecule has 0 aliphatic heterocycles. The zero-order valence-corrected chi connectivity index (χ0v) is 18.1. The molecule has 2 atom stereocenters. The van der Waals surface area contributed by atoms with E-state index in [0.29, 0.717) is 21.8 Å². The number of thiazole rings is 1. The van der Waals surface area contributed by atoms with E-state index in [-0.39, 0.29) is 17.4 Å². The number of benzene rings is 2. The number of hydrogen-bond donors (Lipinski definition) is 3. The Morgan fingerprint density at radius 2 is 1.90 bits per heavy atom. The fourth-order valence-corrected chi connectivity index (χ4v) is 6.36. The summed E-state index contributed by atoms with van der Waals surface area (Å²) >= 11 is 1.17. The Morgan fingerprint density at radius 3 is 2.59 bits per heavy atom. The molecule has 1 radical (unpaired) electrons. The van der Waals surface area contributed by atoms with Gasteiger partial charge in [0.25, 0.3) is 0 Å². The third kappa shape index (κ3) is 5.14. The van der Waals surface area contributed by atoms with Crippen LogP contribution in [0.1, 0.15) is 19.4 Å². The fourth-order valence-electron chi connectivity index (χ4n) is 3.21. The molecule has 1 aromatic heterocycles. The van der Waals surface area contributed by atoms with Crippen molar-refractivity contribution < 1.29 is 13.5 Å². The predicted octanol–water partition coefficient (Wildman–Crippen LogP) is 3.03. The monoisotopic (exact) mass is 432 g/mol. The Hall–Kier alpha value is -2.00. The summed E-state index contributed by atoms with van der Waals surface area (Å²) in [5.41, 5.74) is 7.45. The SMILES string of the molecule is CC(C)[C@@H](NC[C@H](O)[CH]Cc1ccccc1)S(=O)(=O)c1cccc2nc(N)sc12. The van der Waals surface area contributed by atoms with E-state index in [2.05, 4.69) is 10.3 Å². The van der Waals surface area contributed by atoms with Gasteiger partial charge in [-0.05, 0) is 36.5 Å². The van der Waals surface area contributed by atoms with Crippen LogP contribution in [0.5, 0.6) is 0 Å². The van der Waals surface area contributed by atoms with Gasteiger partial charge in [-0.2, -0.15) is 0 Å². The van der Waals surface area contributed by atoms with Crippen molar-refractivity contribution >= 4 is 36.5 Å². The molecule has 0 aliphatic rings. The van der Waals surface area contributed by atoms with Crippen molar-refractivity contribution in [3.05, 3.63) is 60.5 Å². The first-order valence-electron chi connectivity index (χ1n) is 9.46. The molecule has 0 saturated heterocycles. The van der Waals surface area contributed by atoms with Crippen molar-refractivity contribution in [2.24, 2.45) is 5.92 Å². The molecule has 0 unspecified atom stereocenters. The minimum absolute atomic E-state index is 0.149. The molecule has 0 bridgehead atoms. The normalized spacial score (nSPS) is 14.3. The number of rotatable bonds is 9. The number of anilines is 1. The highest BCUT2D eigenvalue weighted by molar-refractivity contribution is 7.92. The second-order valence-corrected chi connectivity index (χ2v) is 10.3.